The van der Waals surface area contributed by atoms with E-state index in [4.69, 9.17) is 5.73 Å². The number of carbonyl (C=O) groups is 2. The number of halogens is 4. The number of nitrogen functional groups attached to an aromatic ring is 1. The monoisotopic (exact) mass is 461 g/mol. The number of pyridine rings is 1. The van der Waals surface area contributed by atoms with Gasteiger partial charge >= 0.3 is 6.18 Å². The van der Waals surface area contributed by atoms with Crippen LogP contribution < -0.4 is 16.6 Å². The number of anilines is 1. The zero-order valence-electron chi connectivity index (χ0n) is 16.8. The van der Waals surface area contributed by atoms with E-state index in [0.29, 0.717) is 25.0 Å². The van der Waals surface area contributed by atoms with Crippen molar-refractivity contribution in [3.05, 3.63) is 68.5 Å². The van der Waals surface area contributed by atoms with Gasteiger partial charge in [-0.05, 0) is 37.8 Å². The van der Waals surface area contributed by atoms with Crippen molar-refractivity contribution in [2.75, 3.05) is 5.73 Å². The van der Waals surface area contributed by atoms with Crippen LogP contribution in [-0.4, -0.2) is 26.2 Å². The molecule has 0 atom stereocenters. The van der Waals surface area contributed by atoms with E-state index in [2.05, 4.69) is 5.10 Å². The summed E-state index contributed by atoms with van der Waals surface area (Å²) in [5.41, 5.74) is 3.78. The summed E-state index contributed by atoms with van der Waals surface area (Å²) in [7, 11) is 0. The van der Waals surface area contributed by atoms with Crippen molar-refractivity contribution in [2.24, 2.45) is 0 Å². The van der Waals surface area contributed by atoms with Crippen LogP contribution in [0.3, 0.4) is 0 Å². The number of hydrogen-bond acceptors (Lipinski definition) is 5. The molecule has 1 aromatic carbocycles. The maximum atomic E-state index is 14.3. The summed E-state index contributed by atoms with van der Waals surface area (Å²) in [4.78, 5) is 36.9. The molecule has 0 spiro atoms. The molecule has 0 saturated heterocycles. The minimum atomic E-state index is -4.70. The number of aromatic nitrogens is 3. The Hall–Kier alpha value is -3.96. The summed E-state index contributed by atoms with van der Waals surface area (Å²) in [6.07, 6.45) is -3.01. The Kier molecular flexibility index (Phi) is 4.45. The van der Waals surface area contributed by atoms with Gasteiger partial charge in [-0.1, -0.05) is 0 Å². The molecule has 0 unspecified atom stereocenters. The highest BCUT2D eigenvalue weighted by molar-refractivity contribution is 6.23. The second kappa shape index (κ2) is 7.02. The van der Waals surface area contributed by atoms with Crippen LogP contribution in [-0.2, 0) is 19.0 Å². The molecule has 3 heterocycles. The van der Waals surface area contributed by atoms with Crippen molar-refractivity contribution in [3.63, 3.8) is 0 Å². The molecule has 0 radical (unpaired) electrons. The summed E-state index contributed by atoms with van der Waals surface area (Å²) in [5.74, 6) is -2.88. The Labute approximate surface area is 182 Å². The van der Waals surface area contributed by atoms with E-state index in [-0.39, 0.29) is 34.5 Å². The van der Waals surface area contributed by atoms with E-state index < -0.39 is 40.9 Å². The number of imide groups is 1. The van der Waals surface area contributed by atoms with Crippen molar-refractivity contribution in [1.29, 1.82) is 0 Å². The van der Waals surface area contributed by atoms with E-state index >= 15 is 0 Å². The smallest absolute Gasteiger partial charge is 0.384 e. The van der Waals surface area contributed by atoms with Gasteiger partial charge in [0.25, 0.3) is 17.4 Å². The number of amides is 2. The predicted molar refractivity (Wildman–Crippen MR) is 107 cm³/mol. The Bertz CT molecular complexity index is 1420. The maximum absolute atomic E-state index is 14.3. The van der Waals surface area contributed by atoms with Crippen LogP contribution in [0.25, 0.3) is 11.4 Å². The number of alkyl halides is 3. The molecule has 1 aliphatic carbocycles. The molecule has 2 amide bonds. The topological polar surface area (TPSA) is 112 Å². The van der Waals surface area contributed by atoms with Gasteiger partial charge in [0.05, 0.1) is 22.5 Å². The highest BCUT2D eigenvalue weighted by atomic mass is 19.4. The van der Waals surface area contributed by atoms with Gasteiger partial charge in [-0.3, -0.25) is 24.3 Å². The van der Waals surface area contributed by atoms with Crippen molar-refractivity contribution in [1.82, 2.24) is 19.7 Å². The lowest BCUT2D eigenvalue weighted by atomic mass is 9.95. The summed E-state index contributed by atoms with van der Waals surface area (Å²) < 4.78 is 57.1. The fraction of sp³-hybridized carbons (Fsp3) is 0.238. The zero-order chi connectivity index (χ0) is 23.7. The lowest BCUT2D eigenvalue weighted by Crippen LogP contribution is -2.25. The number of nitrogens with two attached hydrogens (primary N) is 1. The summed E-state index contributed by atoms with van der Waals surface area (Å²) in [5, 5.41) is 5.81. The van der Waals surface area contributed by atoms with Crippen LogP contribution in [0.5, 0.6) is 0 Å². The summed E-state index contributed by atoms with van der Waals surface area (Å²) in [6.45, 7) is 0. The molecule has 170 valence electrons. The molecule has 3 aromatic rings. The zero-order valence-corrected chi connectivity index (χ0v) is 16.8. The largest absolute Gasteiger partial charge is 0.435 e. The fourth-order valence-electron chi connectivity index (χ4n) is 4.41. The summed E-state index contributed by atoms with van der Waals surface area (Å²) >= 11 is 0. The Balaban J connectivity index is 1.81. The van der Waals surface area contributed by atoms with Crippen LogP contribution >= 0.6 is 0 Å². The summed E-state index contributed by atoms with van der Waals surface area (Å²) in [6, 6.07) is 4.00. The second-order valence-corrected chi connectivity index (χ2v) is 7.80. The minimum Gasteiger partial charge on any atom is -0.384 e. The molecule has 0 fully saturated rings. The Morgan fingerprint density at radius 3 is 2.45 bits per heavy atom. The lowest BCUT2D eigenvalue weighted by Gasteiger charge is -2.19. The second-order valence-electron chi connectivity index (χ2n) is 7.80. The first kappa shape index (κ1) is 20.9. The molecule has 1 aliphatic heterocycles. The first-order valence-corrected chi connectivity index (χ1v) is 9.97. The van der Waals surface area contributed by atoms with Gasteiger partial charge in [-0.2, -0.15) is 18.3 Å². The van der Waals surface area contributed by atoms with Crippen LogP contribution in [0, 0.1) is 5.82 Å². The third kappa shape index (κ3) is 3.12. The third-order valence-electron chi connectivity index (χ3n) is 5.81. The SMILES string of the molecule is Nc1c2c(cc(=O)n1-c1cc(F)ccc1-n1nc(C(F)(F)F)c3c1CCCC3)C(=O)NC2=O. The number of nitrogens with one attached hydrogen (secondary N) is 1. The van der Waals surface area contributed by atoms with Crippen molar-refractivity contribution in [2.45, 2.75) is 31.9 Å². The van der Waals surface area contributed by atoms with Crippen molar-refractivity contribution in [3.8, 4) is 11.4 Å². The third-order valence-corrected chi connectivity index (χ3v) is 5.81. The van der Waals surface area contributed by atoms with Crippen molar-refractivity contribution < 1.29 is 27.2 Å². The van der Waals surface area contributed by atoms with E-state index in [1.807, 2.05) is 5.32 Å². The van der Waals surface area contributed by atoms with Crippen LogP contribution in [0.4, 0.5) is 23.4 Å². The van der Waals surface area contributed by atoms with Gasteiger partial charge in [-0.15, -0.1) is 0 Å². The van der Waals surface area contributed by atoms with Gasteiger partial charge in [-0.25, -0.2) is 9.07 Å². The van der Waals surface area contributed by atoms with Crippen LogP contribution in [0.2, 0.25) is 0 Å². The molecule has 3 N–H and O–H groups in total. The molecule has 5 rings (SSSR count). The maximum Gasteiger partial charge on any atom is 0.435 e. The molecular weight excluding hydrogens is 446 g/mol. The standard InChI is InChI=1S/C21H15F4N5O3/c22-9-5-6-13(30-12-4-2-1-3-10(12)17(28-30)21(23,24)25)14(7-9)29-15(31)8-11-16(18(29)26)20(33)27-19(11)32/h5-8H,1-4,26H2,(H,27,32,33). The minimum absolute atomic E-state index is 0.0245. The normalized spacial score (nSPS) is 15.4. The van der Waals surface area contributed by atoms with Gasteiger partial charge < -0.3 is 5.73 Å². The molecule has 8 nitrogen and oxygen atoms in total. The number of benzene rings is 1. The molecule has 2 aromatic heterocycles. The number of hydrogen-bond donors (Lipinski definition) is 2. The number of nitrogens with zero attached hydrogens (tertiary/aromatic N) is 3. The molecule has 0 bridgehead atoms. The van der Waals surface area contributed by atoms with Gasteiger partial charge in [0.2, 0.25) is 0 Å². The fourth-order valence-corrected chi connectivity index (χ4v) is 4.41. The number of fused-ring (bicyclic) bond motifs is 2. The van der Waals surface area contributed by atoms with Crippen LogP contribution in [0.15, 0.2) is 29.1 Å². The molecule has 0 saturated carbocycles. The van der Waals surface area contributed by atoms with E-state index in [0.717, 1.165) is 27.4 Å². The number of carbonyl (C=O) groups excluding carboxylic acids is 2. The highest BCUT2D eigenvalue weighted by Crippen LogP contribution is 2.38. The quantitative estimate of drug-likeness (QED) is 0.450. The average molecular weight is 461 g/mol. The Morgan fingerprint density at radius 2 is 1.73 bits per heavy atom. The first-order chi connectivity index (χ1) is 15.6. The van der Waals surface area contributed by atoms with E-state index in [1.54, 1.807) is 0 Å². The van der Waals surface area contributed by atoms with Gasteiger partial charge in [0.1, 0.15) is 11.6 Å². The predicted octanol–water partition coefficient (Wildman–Crippen LogP) is 2.53. The van der Waals surface area contributed by atoms with E-state index in [9.17, 15) is 31.9 Å². The average Bonchev–Trinajstić information content (AvgIpc) is 3.26. The lowest BCUT2D eigenvalue weighted by molar-refractivity contribution is -0.142. The molecular formula is C21H15F4N5O3. The number of rotatable bonds is 2. The van der Waals surface area contributed by atoms with Gasteiger partial charge in [0.15, 0.2) is 5.69 Å². The van der Waals surface area contributed by atoms with E-state index in [1.165, 1.54) is 6.07 Å². The highest BCUT2D eigenvalue weighted by Gasteiger charge is 2.40. The first-order valence-electron chi connectivity index (χ1n) is 9.97. The van der Waals surface area contributed by atoms with Crippen molar-refractivity contribution >= 4 is 17.6 Å². The molecule has 2 aliphatic rings. The Morgan fingerprint density at radius 1 is 1.00 bits per heavy atom. The molecule has 12 heteroatoms. The van der Waals surface area contributed by atoms with Crippen LogP contribution in [0.1, 0.15) is 50.5 Å². The molecule has 33 heavy (non-hydrogen) atoms. The van der Waals surface area contributed by atoms with Gasteiger partial charge in [0, 0.05) is 23.4 Å².